The summed E-state index contributed by atoms with van der Waals surface area (Å²) in [4.78, 5) is 0. The molecule has 0 N–H and O–H groups in total. The van der Waals surface area contributed by atoms with Crippen molar-refractivity contribution in [2.24, 2.45) is 0 Å². The maximum Gasteiger partial charge on any atom is 0.416 e. The SMILES string of the molecule is Fc1cc(Cl)c(C(Cl)c2ccc(C(F)(F)F)cc2)cc1F. The Morgan fingerprint density at radius 1 is 0.905 bits per heavy atom. The van der Waals surface area contributed by atoms with Crippen molar-refractivity contribution in [3.8, 4) is 0 Å². The van der Waals surface area contributed by atoms with Crippen LogP contribution in [0, 0.1) is 11.6 Å². The third-order valence-corrected chi connectivity index (χ3v) is 3.66. The van der Waals surface area contributed by atoms with Crippen LogP contribution in [0.15, 0.2) is 36.4 Å². The summed E-state index contributed by atoms with van der Waals surface area (Å²) < 4.78 is 63.6. The number of halogens is 7. The summed E-state index contributed by atoms with van der Waals surface area (Å²) in [7, 11) is 0. The van der Waals surface area contributed by atoms with Crippen molar-refractivity contribution in [1.82, 2.24) is 0 Å². The zero-order valence-electron chi connectivity index (χ0n) is 10.2. The third-order valence-electron chi connectivity index (χ3n) is 2.84. The second kappa shape index (κ2) is 5.81. The van der Waals surface area contributed by atoms with Crippen molar-refractivity contribution in [3.63, 3.8) is 0 Å². The first-order valence-corrected chi connectivity index (χ1v) is 6.47. The van der Waals surface area contributed by atoms with Crippen LogP contribution in [0.1, 0.15) is 22.1 Å². The van der Waals surface area contributed by atoms with E-state index in [2.05, 4.69) is 0 Å². The number of benzene rings is 2. The third kappa shape index (κ3) is 3.47. The van der Waals surface area contributed by atoms with Crippen LogP contribution in [0.4, 0.5) is 22.0 Å². The molecule has 0 spiro atoms. The zero-order valence-corrected chi connectivity index (χ0v) is 11.7. The van der Waals surface area contributed by atoms with Gasteiger partial charge in [0.15, 0.2) is 11.6 Å². The molecule has 2 aromatic rings. The summed E-state index contributed by atoms with van der Waals surface area (Å²) in [6, 6.07) is 5.64. The Hall–Kier alpha value is -1.33. The van der Waals surface area contributed by atoms with Crippen molar-refractivity contribution in [1.29, 1.82) is 0 Å². The Kier molecular flexibility index (Phi) is 4.44. The fourth-order valence-corrected chi connectivity index (χ4v) is 2.39. The van der Waals surface area contributed by atoms with E-state index in [1.807, 2.05) is 0 Å². The van der Waals surface area contributed by atoms with Gasteiger partial charge in [-0.3, -0.25) is 0 Å². The minimum absolute atomic E-state index is 0.0805. The summed E-state index contributed by atoms with van der Waals surface area (Å²) in [6.07, 6.45) is -4.46. The standard InChI is InChI=1S/C14H7Cl2F5/c15-10-6-12(18)11(17)5-9(10)13(16)7-1-3-8(4-2-7)14(19,20)21/h1-6,13H. The monoisotopic (exact) mass is 340 g/mol. The molecule has 0 aromatic heterocycles. The van der Waals surface area contributed by atoms with E-state index in [0.29, 0.717) is 0 Å². The molecule has 0 saturated carbocycles. The number of alkyl halides is 4. The van der Waals surface area contributed by atoms with Crippen LogP contribution in [-0.4, -0.2) is 0 Å². The van der Waals surface area contributed by atoms with E-state index >= 15 is 0 Å². The summed E-state index contributed by atoms with van der Waals surface area (Å²) in [5.41, 5.74) is -0.457. The highest BCUT2D eigenvalue weighted by Crippen LogP contribution is 2.36. The van der Waals surface area contributed by atoms with Gasteiger partial charge < -0.3 is 0 Å². The predicted molar refractivity (Wildman–Crippen MR) is 70.5 cm³/mol. The average molecular weight is 341 g/mol. The molecule has 7 heteroatoms. The highest BCUT2D eigenvalue weighted by molar-refractivity contribution is 6.33. The lowest BCUT2D eigenvalue weighted by molar-refractivity contribution is -0.137. The van der Waals surface area contributed by atoms with Gasteiger partial charge in [0, 0.05) is 5.02 Å². The fraction of sp³-hybridized carbons (Fsp3) is 0.143. The lowest BCUT2D eigenvalue weighted by Gasteiger charge is -2.14. The van der Waals surface area contributed by atoms with Gasteiger partial charge in [-0.25, -0.2) is 8.78 Å². The van der Waals surface area contributed by atoms with Crippen LogP contribution < -0.4 is 0 Å². The number of hydrogen-bond acceptors (Lipinski definition) is 0. The molecular formula is C14H7Cl2F5. The van der Waals surface area contributed by atoms with E-state index < -0.39 is 28.8 Å². The van der Waals surface area contributed by atoms with Crippen LogP contribution in [0.5, 0.6) is 0 Å². The smallest absolute Gasteiger partial charge is 0.204 e. The van der Waals surface area contributed by atoms with E-state index in [1.165, 1.54) is 0 Å². The van der Waals surface area contributed by atoms with Gasteiger partial charge in [-0.1, -0.05) is 23.7 Å². The molecule has 0 aliphatic heterocycles. The first kappa shape index (κ1) is 16.0. The number of rotatable bonds is 2. The van der Waals surface area contributed by atoms with Gasteiger partial charge in [-0.2, -0.15) is 13.2 Å². The molecule has 0 amide bonds. The lowest BCUT2D eigenvalue weighted by atomic mass is 10.0. The Labute approximate surface area is 127 Å². The highest BCUT2D eigenvalue weighted by Gasteiger charge is 2.30. The second-order valence-corrected chi connectivity index (χ2v) is 5.11. The molecule has 1 unspecified atom stereocenters. The normalized spacial score (nSPS) is 13.3. The van der Waals surface area contributed by atoms with E-state index in [9.17, 15) is 22.0 Å². The van der Waals surface area contributed by atoms with Crippen LogP contribution >= 0.6 is 23.2 Å². The predicted octanol–water partition coefficient (Wildman–Crippen LogP) is 5.97. The fourth-order valence-electron chi connectivity index (χ4n) is 1.75. The van der Waals surface area contributed by atoms with Gasteiger partial charge in [-0.05, 0) is 35.4 Å². The highest BCUT2D eigenvalue weighted by atomic mass is 35.5. The largest absolute Gasteiger partial charge is 0.416 e. The maximum absolute atomic E-state index is 13.2. The molecule has 0 fully saturated rings. The van der Waals surface area contributed by atoms with Gasteiger partial charge in [0.2, 0.25) is 0 Å². The molecule has 2 aromatic carbocycles. The second-order valence-electron chi connectivity index (χ2n) is 4.27. The van der Waals surface area contributed by atoms with E-state index in [4.69, 9.17) is 23.2 Å². The summed E-state index contributed by atoms with van der Waals surface area (Å²) >= 11 is 11.9. The first-order chi connectivity index (χ1) is 9.70. The van der Waals surface area contributed by atoms with Crippen LogP contribution in [0.25, 0.3) is 0 Å². The quantitative estimate of drug-likeness (QED) is 0.359. The van der Waals surface area contributed by atoms with Crippen molar-refractivity contribution in [2.45, 2.75) is 11.6 Å². The molecule has 1 atom stereocenters. The molecule has 0 nitrogen and oxygen atoms in total. The van der Waals surface area contributed by atoms with Crippen LogP contribution in [0.3, 0.4) is 0 Å². The van der Waals surface area contributed by atoms with Gasteiger partial charge in [0.05, 0.1) is 10.9 Å². The Bertz CT molecular complexity index is 650. The van der Waals surface area contributed by atoms with Crippen molar-refractivity contribution in [3.05, 3.63) is 69.7 Å². The molecule has 2 rings (SSSR count). The molecular weight excluding hydrogens is 334 g/mol. The maximum atomic E-state index is 13.2. The molecule has 0 bridgehead atoms. The Morgan fingerprint density at radius 3 is 1.95 bits per heavy atom. The van der Waals surface area contributed by atoms with Gasteiger partial charge in [0.1, 0.15) is 0 Å². The van der Waals surface area contributed by atoms with Crippen molar-refractivity contribution >= 4 is 23.2 Å². The number of hydrogen-bond donors (Lipinski definition) is 0. The minimum Gasteiger partial charge on any atom is -0.204 e. The molecule has 0 aliphatic rings. The van der Waals surface area contributed by atoms with E-state index in [0.717, 1.165) is 36.4 Å². The Morgan fingerprint density at radius 2 is 1.43 bits per heavy atom. The summed E-state index contributed by atoms with van der Waals surface area (Å²) in [6.45, 7) is 0. The Balaban J connectivity index is 2.36. The first-order valence-electron chi connectivity index (χ1n) is 5.66. The van der Waals surface area contributed by atoms with Crippen molar-refractivity contribution < 1.29 is 22.0 Å². The van der Waals surface area contributed by atoms with Crippen molar-refractivity contribution in [2.75, 3.05) is 0 Å². The zero-order chi connectivity index (χ0) is 15.8. The molecule has 21 heavy (non-hydrogen) atoms. The van der Waals surface area contributed by atoms with Gasteiger partial charge >= 0.3 is 6.18 Å². The topological polar surface area (TPSA) is 0 Å². The van der Waals surface area contributed by atoms with E-state index in [-0.39, 0.29) is 16.1 Å². The summed E-state index contributed by atoms with van der Waals surface area (Å²) in [5.74, 6) is -2.26. The molecule has 0 aliphatic carbocycles. The molecule has 0 heterocycles. The molecule has 0 saturated heterocycles. The van der Waals surface area contributed by atoms with Gasteiger partial charge in [0.25, 0.3) is 0 Å². The summed E-state index contributed by atoms with van der Waals surface area (Å²) in [5, 5.41) is -1.09. The molecule has 112 valence electrons. The average Bonchev–Trinajstić information content (AvgIpc) is 2.41. The van der Waals surface area contributed by atoms with Crippen LogP contribution in [0.2, 0.25) is 5.02 Å². The van der Waals surface area contributed by atoms with Crippen LogP contribution in [-0.2, 0) is 6.18 Å². The molecule has 0 radical (unpaired) electrons. The van der Waals surface area contributed by atoms with Gasteiger partial charge in [-0.15, -0.1) is 11.6 Å². The minimum atomic E-state index is -4.46. The lowest BCUT2D eigenvalue weighted by Crippen LogP contribution is -2.05. The van der Waals surface area contributed by atoms with E-state index in [1.54, 1.807) is 0 Å².